The van der Waals surface area contributed by atoms with Crippen LogP contribution in [0.25, 0.3) is 0 Å². The normalized spacial score (nSPS) is 29.1. The zero-order chi connectivity index (χ0) is 10.9. The summed E-state index contributed by atoms with van der Waals surface area (Å²) >= 11 is 0. The molecule has 1 rings (SSSR count). The molecule has 14 heavy (non-hydrogen) atoms. The highest BCUT2D eigenvalue weighted by molar-refractivity contribution is 5.89. The topological polar surface area (TPSA) is 72.6 Å². The zero-order valence-electron chi connectivity index (χ0n) is 8.69. The van der Waals surface area contributed by atoms with Crippen LogP contribution in [-0.4, -0.2) is 42.5 Å². The molecule has 1 heterocycles. The van der Waals surface area contributed by atoms with E-state index in [4.69, 9.17) is 5.73 Å². The van der Waals surface area contributed by atoms with Crippen LogP contribution in [0.2, 0.25) is 0 Å². The lowest BCUT2D eigenvalue weighted by Gasteiger charge is -2.22. The van der Waals surface area contributed by atoms with Crippen LogP contribution in [0.3, 0.4) is 0 Å². The number of amides is 1. The van der Waals surface area contributed by atoms with Gasteiger partial charge in [0.05, 0.1) is 13.2 Å². The molecule has 2 N–H and O–H groups in total. The van der Waals surface area contributed by atoms with Crippen molar-refractivity contribution in [2.75, 3.05) is 13.7 Å². The Morgan fingerprint density at radius 3 is 2.64 bits per heavy atom. The maximum absolute atomic E-state index is 11.6. The zero-order valence-corrected chi connectivity index (χ0v) is 8.69. The fourth-order valence-electron chi connectivity index (χ4n) is 1.60. The summed E-state index contributed by atoms with van der Waals surface area (Å²) < 4.78 is 4.57. The van der Waals surface area contributed by atoms with E-state index in [0.29, 0.717) is 6.54 Å². The van der Waals surface area contributed by atoms with Crippen molar-refractivity contribution >= 4 is 11.9 Å². The summed E-state index contributed by atoms with van der Waals surface area (Å²) in [6.07, 6.45) is 0. The summed E-state index contributed by atoms with van der Waals surface area (Å²) in [7, 11) is 1.31. The lowest BCUT2D eigenvalue weighted by Crippen LogP contribution is -2.43. The van der Waals surface area contributed by atoms with Crippen molar-refractivity contribution in [2.24, 2.45) is 11.7 Å². The minimum absolute atomic E-state index is 0.0922. The fourth-order valence-corrected chi connectivity index (χ4v) is 1.60. The molecule has 1 saturated heterocycles. The number of ether oxygens (including phenoxy) is 1. The van der Waals surface area contributed by atoms with Crippen molar-refractivity contribution in [3.8, 4) is 0 Å². The molecule has 0 aromatic carbocycles. The maximum atomic E-state index is 11.6. The Kier molecular flexibility index (Phi) is 3.10. The minimum atomic E-state index is -0.538. The molecule has 1 aliphatic heterocycles. The Hall–Kier alpha value is -1.10. The van der Waals surface area contributed by atoms with Crippen LogP contribution in [0.4, 0.5) is 0 Å². The SMILES string of the molecule is COC(=O)C(C)N1CC(C)C(N)C1=O. The Morgan fingerprint density at radius 1 is 1.71 bits per heavy atom. The van der Waals surface area contributed by atoms with Gasteiger partial charge >= 0.3 is 5.97 Å². The van der Waals surface area contributed by atoms with Gasteiger partial charge in [-0.3, -0.25) is 4.79 Å². The molecule has 0 aromatic heterocycles. The summed E-state index contributed by atoms with van der Waals surface area (Å²) in [6, 6.07) is -1.02. The van der Waals surface area contributed by atoms with Crippen molar-refractivity contribution in [3.63, 3.8) is 0 Å². The van der Waals surface area contributed by atoms with Gasteiger partial charge in [0.2, 0.25) is 5.91 Å². The molecular weight excluding hydrogens is 184 g/mol. The number of carbonyl (C=O) groups excluding carboxylic acids is 2. The monoisotopic (exact) mass is 200 g/mol. The number of hydrogen-bond donors (Lipinski definition) is 1. The molecule has 80 valence electrons. The number of carbonyl (C=O) groups is 2. The van der Waals surface area contributed by atoms with Crippen LogP contribution in [0.5, 0.6) is 0 Å². The highest BCUT2D eigenvalue weighted by Crippen LogP contribution is 2.19. The Morgan fingerprint density at radius 2 is 2.29 bits per heavy atom. The molecule has 5 heteroatoms. The van der Waals surface area contributed by atoms with E-state index in [0.717, 1.165) is 0 Å². The second kappa shape index (κ2) is 3.96. The predicted octanol–water partition coefficient (Wildman–Crippen LogP) is -0.646. The molecule has 0 spiro atoms. The lowest BCUT2D eigenvalue weighted by atomic mass is 10.1. The van der Waals surface area contributed by atoms with Gasteiger partial charge in [-0.15, -0.1) is 0 Å². The van der Waals surface area contributed by atoms with E-state index in [2.05, 4.69) is 4.74 Å². The van der Waals surface area contributed by atoms with Gasteiger partial charge in [-0.25, -0.2) is 4.79 Å². The van der Waals surface area contributed by atoms with Crippen molar-refractivity contribution in [2.45, 2.75) is 25.9 Å². The number of likely N-dealkylation sites (tertiary alicyclic amines) is 1. The standard InChI is InChI=1S/C9H16N2O3/c1-5-4-11(8(12)7(5)10)6(2)9(13)14-3/h5-7H,4,10H2,1-3H3. The molecule has 0 saturated carbocycles. The first kappa shape index (κ1) is 11.0. The third-order valence-electron chi connectivity index (χ3n) is 2.68. The first-order valence-electron chi connectivity index (χ1n) is 4.63. The average Bonchev–Trinajstić information content (AvgIpc) is 2.43. The van der Waals surface area contributed by atoms with Gasteiger partial charge in [-0.2, -0.15) is 0 Å². The number of esters is 1. The van der Waals surface area contributed by atoms with Crippen molar-refractivity contribution in [1.29, 1.82) is 0 Å². The van der Waals surface area contributed by atoms with Crippen LogP contribution in [-0.2, 0) is 14.3 Å². The first-order chi connectivity index (χ1) is 6.49. The van der Waals surface area contributed by atoms with E-state index in [1.807, 2.05) is 6.92 Å². The maximum Gasteiger partial charge on any atom is 0.328 e. The molecular formula is C9H16N2O3. The number of rotatable bonds is 2. The number of nitrogens with zero attached hydrogens (tertiary/aromatic N) is 1. The van der Waals surface area contributed by atoms with Crippen LogP contribution < -0.4 is 5.73 Å². The summed E-state index contributed by atoms with van der Waals surface area (Å²) in [5.74, 6) is -0.482. The largest absolute Gasteiger partial charge is 0.467 e. The molecule has 3 unspecified atom stereocenters. The molecule has 5 nitrogen and oxygen atoms in total. The van der Waals surface area contributed by atoms with Crippen LogP contribution in [0, 0.1) is 5.92 Å². The third kappa shape index (κ3) is 1.72. The van der Waals surface area contributed by atoms with Crippen LogP contribution in [0.15, 0.2) is 0 Å². The van der Waals surface area contributed by atoms with Gasteiger partial charge in [0, 0.05) is 6.54 Å². The fraction of sp³-hybridized carbons (Fsp3) is 0.778. The highest BCUT2D eigenvalue weighted by Gasteiger charge is 2.39. The second-order valence-corrected chi connectivity index (χ2v) is 3.69. The van der Waals surface area contributed by atoms with E-state index in [1.54, 1.807) is 6.92 Å². The van der Waals surface area contributed by atoms with E-state index in [-0.39, 0.29) is 11.8 Å². The van der Waals surface area contributed by atoms with E-state index < -0.39 is 18.1 Å². The number of hydrogen-bond acceptors (Lipinski definition) is 4. The van der Waals surface area contributed by atoms with Gasteiger partial charge in [0.15, 0.2) is 0 Å². The van der Waals surface area contributed by atoms with Gasteiger partial charge in [-0.05, 0) is 12.8 Å². The van der Waals surface area contributed by atoms with Crippen molar-refractivity contribution < 1.29 is 14.3 Å². The van der Waals surface area contributed by atoms with E-state index >= 15 is 0 Å². The molecule has 0 aromatic rings. The number of nitrogens with two attached hydrogens (primary N) is 1. The van der Waals surface area contributed by atoms with Gasteiger partial charge in [-0.1, -0.05) is 6.92 Å². The van der Waals surface area contributed by atoms with Gasteiger partial charge < -0.3 is 15.4 Å². The van der Waals surface area contributed by atoms with Crippen LogP contribution in [0.1, 0.15) is 13.8 Å². The molecule has 3 atom stereocenters. The number of methoxy groups -OCH3 is 1. The van der Waals surface area contributed by atoms with Crippen molar-refractivity contribution in [1.82, 2.24) is 4.90 Å². The lowest BCUT2D eigenvalue weighted by molar-refractivity contribution is -0.150. The summed E-state index contributed by atoms with van der Waals surface area (Å²) in [5, 5.41) is 0. The summed E-state index contributed by atoms with van der Waals surface area (Å²) in [6.45, 7) is 4.07. The molecule has 1 amide bonds. The Bertz CT molecular complexity index is 254. The molecule has 1 fully saturated rings. The minimum Gasteiger partial charge on any atom is -0.467 e. The quantitative estimate of drug-likeness (QED) is 0.601. The van der Waals surface area contributed by atoms with Crippen LogP contribution >= 0.6 is 0 Å². The third-order valence-corrected chi connectivity index (χ3v) is 2.68. The Balaban J connectivity index is 2.71. The first-order valence-corrected chi connectivity index (χ1v) is 4.63. The Labute approximate surface area is 83.2 Å². The molecule has 0 radical (unpaired) electrons. The second-order valence-electron chi connectivity index (χ2n) is 3.69. The predicted molar refractivity (Wildman–Crippen MR) is 50.3 cm³/mol. The summed E-state index contributed by atoms with van der Waals surface area (Å²) in [4.78, 5) is 24.2. The molecule has 0 bridgehead atoms. The van der Waals surface area contributed by atoms with E-state index in [1.165, 1.54) is 12.0 Å². The smallest absolute Gasteiger partial charge is 0.328 e. The average molecular weight is 200 g/mol. The van der Waals surface area contributed by atoms with Crippen molar-refractivity contribution in [3.05, 3.63) is 0 Å². The van der Waals surface area contributed by atoms with Gasteiger partial charge in [0.1, 0.15) is 6.04 Å². The molecule has 0 aliphatic carbocycles. The van der Waals surface area contributed by atoms with E-state index in [9.17, 15) is 9.59 Å². The molecule has 1 aliphatic rings. The summed E-state index contributed by atoms with van der Waals surface area (Å²) in [5.41, 5.74) is 5.65. The van der Waals surface area contributed by atoms with Gasteiger partial charge in [0.25, 0.3) is 0 Å². The highest BCUT2D eigenvalue weighted by atomic mass is 16.5.